The Hall–Kier alpha value is -1.42. The third kappa shape index (κ3) is 3.80. The van der Waals surface area contributed by atoms with Crippen molar-refractivity contribution in [3.05, 3.63) is 0 Å². The van der Waals surface area contributed by atoms with E-state index >= 15 is 0 Å². The standard InChI is InChI=1S/C17H26N4O2S/c1-24-10-14(15(22)19-3-2-18)20-16(23)21-17-7-11-4-12(8-17)6-13(5-11)9-17/h11-14H,3-10H2,1H3,(H,19,22)(H2,20,21,23). The quantitative estimate of drug-likeness (QED) is 0.635. The normalized spacial score (nSPS) is 34.2. The average molecular weight is 350 g/mol. The molecule has 0 spiro atoms. The highest BCUT2D eigenvalue weighted by Crippen LogP contribution is 2.55. The molecular weight excluding hydrogens is 324 g/mol. The molecule has 132 valence electrons. The maximum Gasteiger partial charge on any atom is 0.315 e. The largest absolute Gasteiger partial charge is 0.341 e. The third-order valence-electron chi connectivity index (χ3n) is 5.71. The predicted molar refractivity (Wildman–Crippen MR) is 93.4 cm³/mol. The molecule has 3 N–H and O–H groups in total. The molecule has 1 unspecified atom stereocenters. The van der Waals surface area contributed by atoms with Gasteiger partial charge in [-0.25, -0.2) is 4.79 Å². The van der Waals surface area contributed by atoms with E-state index in [0.717, 1.165) is 37.0 Å². The molecule has 4 bridgehead atoms. The lowest BCUT2D eigenvalue weighted by molar-refractivity contribution is -0.122. The zero-order valence-electron chi connectivity index (χ0n) is 14.1. The molecule has 0 radical (unpaired) electrons. The van der Waals surface area contributed by atoms with E-state index in [1.807, 2.05) is 12.3 Å². The molecule has 6 nitrogen and oxygen atoms in total. The van der Waals surface area contributed by atoms with Crippen LogP contribution in [-0.4, -0.2) is 42.1 Å². The summed E-state index contributed by atoms with van der Waals surface area (Å²) < 4.78 is 0. The van der Waals surface area contributed by atoms with Crippen LogP contribution >= 0.6 is 11.8 Å². The van der Waals surface area contributed by atoms with Gasteiger partial charge in [0.1, 0.15) is 12.6 Å². The van der Waals surface area contributed by atoms with Gasteiger partial charge in [0.05, 0.1) is 6.07 Å². The van der Waals surface area contributed by atoms with E-state index in [1.165, 1.54) is 31.0 Å². The molecule has 0 aromatic heterocycles. The van der Waals surface area contributed by atoms with Crippen LogP contribution in [0.2, 0.25) is 0 Å². The second-order valence-corrected chi connectivity index (χ2v) is 8.59. The summed E-state index contributed by atoms with van der Waals surface area (Å²) in [6.45, 7) is -0.0397. The van der Waals surface area contributed by atoms with Crippen molar-refractivity contribution < 1.29 is 9.59 Å². The van der Waals surface area contributed by atoms with E-state index in [1.54, 1.807) is 0 Å². The van der Waals surface area contributed by atoms with Gasteiger partial charge in [0.15, 0.2) is 0 Å². The van der Waals surface area contributed by atoms with Crippen molar-refractivity contribution >= 4 is 23.7 Å². The van der Waals surface area contributed by atoms with Gasteiger partial charge in [-0.05, 0) is 62.5 Å². The number of rotatable bonds is 6. The fraction of sp³-hybridized carbons (Fsp3) is 0.824. The number of hydrogen-bond acceptors (Lipinski definition) is 4. The summed E-state index contributed by atoms with van der Waals surface area (Å²) in [5.41, 5.74) is -0.0636. The maximum atomic E-state index is 12.5. The van der Waals surface area contributed by atoms with E-state index in [4.69, 9.17) is 5.26 Å². The van der Waals surface area contributed by atoms with Crippen LogP contribution in [0.25, 0.3) is 0 Å². The predicted octanol–water partition coefficient (Wildman–Crippen LogP) is 1.63. The monoisotopic (exact) mass is 350 g/mol. The van der Waals surface area contributed by atoms with E-state index in [9.17, 15) is 9.59 Å². The van der Waals surface area contributed by atoms with Gasteiger partial charge in [0, 0.05) is 11.3 Å². The minimum atomic E-state index is -0.609. The Morgan fingerprint density at radius 3 is 2.29 bits per heavy atom. The first-order chi connectivity index (χ1) is 11.5. The number of carbonyl (C=O) groups excluding carboxylic acids is 2. The summed E-state index contributed by atoms with van der Waals surface area (Å²) in [5, 5.41) is 17.1. The molecule has 4 aliphatic carbocycles. The molecule has 0 heterocycles. The van der Waals surface area contributed by atoms with Crippen LogP contribution in [0.4, 0.5) is 4.79 Å². The molecule has 7 heteroatoms. The van der Waals surface area contributed by atoms with Gasteiger partial charge in [-0.3, -0.25) is 4.79 Å². The van der Waals surface area contributed by atoms with Crippen molar-refractivity contribution in [3.63, 3.8) is 0 Å². The Morgan fingerprint density at radius 1 is 1.21 bits per heavy atom. The first kappa shape index (κ1) is 17.4. The van der Waals surface area contributed by atoms with E-state index in [-0.39, 0.29) is 24.0 Å². The van der Waals surface area contributed by atoms with Crippen LogP contribution in [0.5, 0.6) is 0 Å². The fourth-order valence-corrected chi connectivity index (χ4v) is 5.87. The third-order valence-corrected chi connectivity index (χ3v) is 6.38. The number of carbonyl (C=O) groups is 2. The van der Waals surface area contributed by atoms with Crippen LogP contribution in [0.3, 0.4) is 0 Å². The highest BCUT2D eigenvalue weighted by molar-refractivity contribution is 7.98. The van der Waals surface area contributed by atoms with E-state index < -0.39 is 6.04 Å². The average Bonchev–Trinajstić information content (AvgIpc) is 2.50. The second-order valence-electron chi connectivity index (χ2n) is 7.68. The Bertz CT molecular complexity index is 510. The van der Waals surface area contributed by atoms with Crippen molar-refractivity contribution in [2.45, 2.75) is 50.1 Å². The molecule has 4 aliphatic rings. The van der Waals surface area contributed by atoms with Crippen LogP contribution in [0.15, 0.2) is 0 Å². The van der Waals surface area contributed by atoms with Gasteiger partial charge in [0.2, 0.25) is 5.91 Å². The maximum absolute atomic E-state index is 12.5. The molecule has 0 aromatic rings. The highest BCUT2D eigenvalue weighted by atomic mass is 32.2. The summed E-state index contributed by atoms with van der Waals surface area (Å²) in [6, 6.07) is 1.03. The Kier molecular flexibility index (Phi) is 5.24. The lowest BCUT2D eigenvalue weighted by atomic mass is 9.53. The molecule has 1 atom stereocenters. The van der Waals surface area contributed by atoms with Gasteiger partial charge < -0.3 is 16.0 Å². The van der Waals surface area contributed by atoms with Gasteiger partial charge in [-0.1, -0.05) is 0 Å². The number of hydrogen-bond donors (Lipinski definition) is 3. The van der Waals surface area contributed by atoms with E-state index in [2.05, 4.69) is 16.0 Å². The Morgan fingerprint density at radius 2 is 1.79 bits per heavy atom. The Labute approximate surface area is 147 Å². The second kappa shape index (κ2) is 7.22. The van der Waals surface area contributed by atoms with Gasteiger partial charge >= 0.3 is 6.03 Å². The molecule has 4 rings (SSSR count). The molecule has 4 saturated carbocycles. The molecule has 0 saturated heterocycles. The Balaban J connectivity index is 1.57. The molecule has 0 aromatic carbocycles. The summed E-state index contributed by atoms with van der Waals surface area (Å²) >= 11 is 1.50. The molecule has 24 heavy (non-hydrogen) atoms. The SMILES string of the molecule is CSCC(NC(=O)NC12CC3CC(CC(C3)C1)C2)C(=O)NCC#N. The molecule has 4 fully saturated rings. The van der Waals surface area contributed by atoms with Gasteiger partial charge in [-0.15, -0.1) is 0 Å². The zero-order valence-corrected chi connectivity index (χ0v) is 15.0. The van der Waals surface area contributed by atoms with E-state index in [0.29, 0.717) is 5.75 Å². The number of amides is 3. The fourth-order valence-electron chi connectivity index (χ4n) is 5.30. The number of nitriles is 1. The summed E-state index contributed by atoms with van der Waals surface area (Å²) in [5.74, 6) is 2.48. The zero-order chi connectivity index (χ0) is 17.2. The first-order valence-corrected chi connectivity index (χ1v) is 10.2. The van der Waals surface area contributed by atoms with Crippen LogP contribution in [0.1, 0.15) is 38.5 Å². The summed E-state index contributed by atoms with van der Waals surface area (Å²) in [4.78, 5) is 24.6. The molecule has 0 aliphatic heterocycles. The van der Waals surface area contributed by atoms with Crippen LogP contribution in [-0.2, 0) is 4.79 Å². The van der Waals surface area contributed by atoms with Crippen LogP contribution < -0.4 is 16.0 Å². The van der Waals surface area contributed by atoms with Crippen molar-refractivity contribution in [3.8, 4) is 6.07 Å². The topological polar surface area (TPSA) is 94.0 Å². The summed E-state index contributed by atoms with van der Waals surface area (Å²) in [7, 11) is 0. The highest BCUT2D eigenvalue weighted by Gasteiger charge is 2.51. The van der Waals surface area contributed by atoms with Crippen molar-refractivity contribution in [1.29, 1.82) is 5.26 Å². The van der Waals surface area contributed by atoms with Crippen molar-refractivity contribution in [2.24, 2.45) is 17.8 Å². The van der Waals surface area contributed by atoms with Crippen LogP contribution in [0, 0.1) is 29.1 Å². The molecular formula is C17H26N4O2S. The van der Waals surface area contributed by atoms with Gasteiger partial charge in [-0.2, -0.15) is 17.0 Å². The number of urea groups is 1. The number of nitrogens with zero attached hydrogens (tertiary/aromatic N) is 1. The first-order valence-electron chi connectivity index (χ1n) is 8.76. The number of thioether (sulfide) groups is 1. The van der Waals surface area contributed by atoms with Crippen molar-refractivity contribution in [2.75, 3.05) is 18.6 Å². The summed E-state index contributed by atoms with van der Waals surface area (Å²) in [6.07, 6.45) is 9.13. The lowest BCUT2D eigenvalue weighted by Crippen LogP contribution is -2.63. The molecule has 3 amide bonds. The smallest absolute Gasteiger partial charge is 0.315 e. The minimum absolute atomic E-state index is 0.0397. The minimum Gasteiger partial charge on any atom is -0.341 e. The van der Waals surface area contributed by atoms with Crippen molar-refractivity contribution in [1.82, 2.24) is 16.0 Å². The lowest BCUT2D eigenvalue weighted by Gasteiger charge is -2.56. The number of nitrogens with one attached hydrogen (secondary N) is 3. The van der Waals surface area contributed by atoms with Gasteiger partial charge in [0.25, 0.3) is 0 Å².